The molecule has 0 saturated carbocycles. The molecule has 1 aromatic carbocycles. The maximum atomic E-state index is 13.4. The van der Waals surface area contributed by atoms with Gasteiger partial charge in [0.2, 0.25) is 0 Å². The van der Waals surface area contributed by atoms with E-state index in [0.717, 1.165) is 23.9 Å². The first kappa shape index (κ1) is 11.0. The number of benzene rings is 1. The van der Waals surface area contributed by atoms with E-state index in [-0.39, 0.29) is 10.5 Å². The van der Waals surface area contributed by atoms with Gasteiger partial charge in [0.25, 0.3) is 0 Å². The van der Waals surface area contributed by atoms with Gasteiger partial charge >= 0.3 is 0 Å². The van der Waals surface area contributed by atoms with Crippen LogP contribution >= 0.6 is 23.1 Å². The number of halogens is 2. The topological polar surface area (TPSA) is 49.6 Å². The minimum atomic E-state index is -0.767. The van der Waals surface area contributed by atoms with Crippen molar-refractivity contribution in [2.45, 2.75) is 9.24 Å². The van der Waals surface area contributed by atoms with Crippen LogP contribution in [0.2, 0.25) is 0 Å². The zero-order valence-corrected chi connectivity index (χ0v) is 9.28. The van der Waals surface area contributed by atoms with Gasteiger partial charge in [0, 0.05) is 0 Å². The third kappa shape index (κ3) is 2.18. The molecule has 0 atom stereocenters. The first-order chi connectivity index (χ1) is 7.70. The molecule has 0 radical (unpaired) electrons. The van der Waals surface area contributed by atoms with Crippen molar-refractivity contribution in [2.24, 2.45) is 0 Å². The monoisotopic (exact) mass is 255 g/mol. The molecule has 0 amide bonds. The molecule has 0 N–H and O–H groups in total. The van der Waals surface area contributed by atoms with Crippen LogP contribution in [0.3, 0.4) is 0 Å². The van der Waals surface area contributed by atoms with E-state index in [2.05, 4.69) is 10.2 Å². The number of hydrogen-bond donors (Lipinski definition) is 0. The summed E-state index contributed by atoms with van der Waals surface area (Å²) in [5.41, 5.74) is 1.43. The molecule has 7 heteroatoms. The van der Waals surface area contributed by atoms with Gasteiger partial charge in [-0.3, -0.25) is 0 Å². The number of hydrogen-bond acceptors (Lipinski definition) is 5. The molecule has 3 nitrogen and oxygen atoms in total. The Balaban J connectivity index is 2.39. The highest BCUT2D eigenvalue weighted by Gasteiger charge is 2.14. The van der Waals surface area contributed by atoms with Crippen LogP contribution in [0.15, 0.2) is 26.9 Å². The van der Waals surface area contributed by atoms with Crippen molar-refractivity contribution in [2.75, 3.05) is 0 Å². The SMILES string of the molecule is N#Cc1cc(F)c(Sc2nncs2)c(F)c1. The second-order valence-electron chi connectivity index (χ2n) is 2.69. The Labute approximate surface area is 97.7 Å². The summed E-state index contributed by atoms with van der Waals surface area (Å²) in [5, 5.41) is 15.8. The predicted molar refractivity (Wildman–Crippen MR) is 55.1 cm³/mol. The van der Waals surface area contributed by atoms with Crippen LogP contribution < -0.4 is 0 Å². The molecule has 2 rings (SSSR count). The molecular formula is C9H3F2N3S2. The standard InChI is InChI=1S/C9H3F2N3S2/c10-6-1-5(3-12)2-7(11)8(6)16-9-14-13-4-15-9/h1-2,4H. The zero-order valence-electron chi connectivity index (χ0n) is 7.65. The van der Waals surface area contributed by atoms with E-state index < -0.39 is 11.6 Å². The fraction of sp³-hybridized carbons (Fsp3) is 0. The maximum Gasteiger partial charge on any atom is 0.179 e. The molecule has 0 spiro atoms. The molecule has 0 unspecified atom stereocenters. The fourth-order valence-electron chi connectivity index (χ4n) is 1.02. The van der Waals surface area contributed by atoms with Crippen molar-refractivity contribution in [1.29, 1.82) is 5.26 Å². The van der Waals surface area contributed by atoms with Gasteiger partial charge in [0.15, 0.2) is 4.34 Å². The third-order valence-electron chi connectivity index (χ3n) is 1.66. The van der Waals surface area contributed by atoms with Crippen molar-refractivity contribution in [3.05, 3.63) is 34.8 Å². The molecule has 80 valence electrons. The minimum absolute atomic E-state index is 0.0448. The highest BCUT2D eigenvalue weighted by molar-refractivity contribution is 8.01. The molecule has 0 bridgehead atoms. The Morgan fingerprint density at radius 1 is 1.31 bits per heavy atom. The molecule has 0 aliphatic heterocycles. The van der Waals surface area contributed by atoms with Gasteiger partial charge in [0.05, 0.1) is 16.5 Å². The summed E-state index contributed by atoms with van der Waals surface area (Å²) in [5.74, 6) is -1.53. The third-order valence-corrected chi connectivity index (χ3v) is 3.53. The van der Waals surface area contributed by atoms with Crippen LogP contribution in [-0.2, 0) is 0 Å². The van der Waals surface area contributed by atoms with Crippen LogP contribution in [0.1, 0.15) is 5.56 Å². The van der Waals surface area contributed by atoms with Crippen LogP contribution in [0.5, 0.6) is 0 Å². The molecule has 0 saturated heterocycles. The van der Waals surface area contributed by atoms with E-state index in [1.165, 1.54) is 16.8 Å². The largest absolute Gasteiger partial charge is 0.206 e. The average Bonchev–Trinajstić information content (AvgIpc) is 2.75. The Hall–Kier alpha value is -1.52. The summed E-state index contributed by atoms with van der Waals surface area (Å²) in [6, 6.07) is 3.67. The summed E-state index contributed by atoms with van der Waals surface area (Å²) in [7, 11) is 0. The zero-order chi connectivity index (χ0) is 11.5. The van der Waals surface area contributed by atoms with E-state index in [1.54, 1.807) is 6.07 Å². The smallest absolute Gasteiger partial charge is 0.179 e. The Morgan fingerprint density at radius 3 is 2.50 bits per heavy atom. The lowest BCUT2D eigenvalue weighted by Gasteiger charge is -2.01. The summed E-state index contributed by atoms with van der Waals surface area (Å²) in [4.78, 5) is -0.171. The molecule has 2 aromatic rings. The second kappa shape index (κ2) is 4.55. The van der Waals surface area contributed by atoms with E-state index in [4.69, 9.17) is 5.26 Å². The number of rotatable bonds is 2. The Bertz CT molecular complexity index is 525. The fourth-order valence-corrected chi connectivity index (χ4v) is 2.44. The van der Waals surface area contributed by atoms with E-state index in [0.29, 0.717) is 4.34 Å². The molecule has 0 fully saturated rings. The average molecular weight is 255 g/mol. The second-order valence-corrected chi connectivity index (χ2v) is 4.78. The normalized spacial score (nSPS) is 10.1. The molecule has 0 aliphatic rings. The lowest BCUT2D eigenvalue weighted by Crippen LogP contribution is -1.90. The van der Waals surface area contributed by atoms with Crippen LogP contribution in [0, 0.1) is 23.0 Å². The molecule has 1 heterocycles. The van der Waals surface area contributed by atoms with Crippen molar-refractivity contribution in [1.82, 2.24) is 10.2 Å². The van der Waals surface area contributed by atoms with Gasteiger partial charge in [-0.25, -0.2) is 8.78 Å². The van der Waals surface area contributed by atoms with Crippen LogP contribution in [0.25, 0.3) is 0 Å². The summed E-state index contributed by atoms with van der Waals surface area (Å²) in [6.45, 7) is 0. The summed E-state index contributed by atoms with van der Waals surface area (Å²) >= 11 is 2.04. The van der Waals surface area contributed by atoms with Gasteiger partial charge in [-0.05, 0) is 12.1 Å². The lowest BCUT2D eigenvalue weighted by atomic mass is 10.2. The number of nitrogens with zero attached hydrogens (tertiary/aromatic N) is 3. The molecule has 0 aliphatic carbocycles. The number of nitriles is 1. The molecule has 16 heavy (non-hydrogen) atoms. The van der Waals surface area contributed by atoms with Crippen LogP contribution in [-0.4, -0.2) is 10.2 Å². The summed E-state index contributed by atoms with van der Waals surface area (Å²) < 4.78 is 27.3. The highest BCUT2D eigenvalue weighted by atomic mass is 32.2. The van der Waals surface area contributed by atoms with Gasteiger partial charge in [-0.1, -0.05) is 23.1 Å². The number of aromatic nitrogens is 2. The molecular weight excluding hydrogens is 252 g/mol. The lowest BCUT2D eigenvalue weighted by molar-refractivity contribution is 0.540. The van der Waals surface area contributed by atoms with Crippen molar-refractivity contribution < 1.29 is 8.78 Å². The molecule has 1 aromatic heterocycles. The first-order valence-corrected chi connectivity index (χ1v) is 5.73. The van der Waals surface area contributed by atoms with Gasteiger partial charge < -0.3 is 0 Å². The van der Waals surface area contributed by atoms with Gasteiger partial charge in [-0.2, -0.15) is 5.26 Å². The highest BCUT2D eigenvalue weighted by Crippen LogP contribution is 2.33. The summed E-state index contributed by atoms with van der Waals surface area (Å²) in [6.07, 6.45) is 0. The maximum absolute atomic E-state index is 13.4. The van der Waals surface area contributed by atoms with Crippen molar-refractivity contribution in [3.63, 3.8) is 0 Å². The van der Waals surface area contributed by atoms with Gasteiger partial charge in [-0.15, -0.1) is 10.2 Å². The van der Waals surface area contributed by atoms with Crippen molar-refractivity contribution >= 4 is 23.1 Å². The first-order valence-electron chi connectivity index (χ1n) is 4.04. The van der Waals surface area contributed by atoms with Gasteiger partial charge in [0.1, 0.15) is 17.1 Å². The Morgan fingerprint density at radius 2 is 2.00 bits per heavy atom. The van der Waals surface area contributed by atoms with E-state index >= 15 is 0 Å². The van der Waals surface area contributed by atoms with E-state index in [1.807, 2.05) is 0 Å². The predicted octanol–water partition coefficient (Wildman–Crippen LogP) is 2.84. The van der Waals surface area contributed by atoms with Crippen molar-refractivity contribution in [3.8, 4) is 6.07 Å². The van der Waals surface area contributed by atoms with E-state index in [9.17, 15) is 8.78 Å². The Kier molecular flexibility index (Phi) is 3.12. The van der Waals surface area contributed by atoms with Crippen LogP contribution in [0.4, 0.5) is 8.78 Å². The minimum Gasteiger partial charge on any atom is -0.206 e. The quantitative estimate of drug-likeness (QED) is 0.828.